The van der Waals surface area contributed by atoms with Crippen LogP contribution in [0.2, 0.25) is 5.02 Å². The molecule has 0 radical (unpaired) electrons. The van der Waals surface area contributed by atoms with Gasteiger partial charge in [-0.25, -0.2) is 4.90 Å². The maximum Gasteiger partial charge on any atom is 0.298 e. The van der Waals surface area contributed by atoms with Crippen molar-refractivity contribution in [3.63, 3.8) is 0 Å². The van der Waals surface area contributed by atoms with Crippen LogP contribution in [-0.4, -0.2) is 25.4 Å². The number of benzene rings is 2. The van der Waals surface area contributed by atoms with Crippen molar-refractivity contribution in [1.82, 2.24) is 0 Å². The SMILES string of the molecule is COc1cc(/C=C2/SC(=O)N(c3cccc(Cl)c3)C2=O)cc(Br)c1OC. The van der Waals surface area contributed by atoms with Crippen LogP contribution >= 0.6 is 39.3 Å². The van der Waals surface area contributed by atoms with Gasteiger partial charge in [0.2, 0.25) is 0 Å². The highest BCUT2D eigenvalue weighted by atomic mass is 79.9. The first-order valence-electron chi connectivity index (χ1n) is 7.39. The maximum absolute atomic E-state index is 12.7. The van der Waals surface area contributed by atoms with Crippen LogP contribution in [0.3, 0.4) is 0 Å². The molecule has 2 aromatic carbocycles. The van der Waals surface area contributed by atoms with Crippen LogP contribution in [-0.2, 0) is 4.79 Å². The number of carbonyl (C=O) groups excluding carboxylic acids is 2. The van der Waals surface area contributed by atoms with Gasteiger partial charge in [-0.05, 0) is 69.7 Å². The largest absolute Gasteiger partial charge is 0.493 e. The second-order valence-corrected chi connectivity index (χ2v) is 7.52. The topological polar surface area (TPSA) is 55.8 Å². The average Bonchev–Trinajstić information content (AvgIpc) is 2.88. The maximum atomic E-state index is 12.7. The van der Waals surface area contributed by atoms with E-state index in [-0.39, 0.29) is 5.24 Å². The van der Waals surface area contributed by atoms with E-state index >= 15 is 0 Å². The molecule has 1 aliphatic heterocycles. The van der Waals surface area contributed by atoms with Crippen LogP contribution in [0.4, 0.5) is 10.5 Å². The number of methoxy groups -OCH3 is 2. The van der Waals surface area contributed by atoms with E-state index in [0.717, 1.165) is 16.7 Å². The lowest BCUT2D eigenvalue weighted by Gasteiger charge is -2.12. The Hall–Kier alpha value is -1.96. The molecule has 0 N–H and O–H groups in total. The minimum absolute atomic E-state index is 0.314. The first-order chi connectivity index (χ1) is 12.4. The quantitative estimate of drug-likeness (QED) is 0.582. The molecule has 3 rings (SSSR count). The zero-order valence-corrected chi connectivity index (χ0v) is 16.9. The molecule has 0 unspecified atom stereocenters. The van der Waals surface area contributed by atoms with Crippen LogP contribution < -0.4 is 14.4 Å². The van der Waals surface area contributed by atoms with Crippen molar-refractivity contribution in [1.29, 1.82) is 0 Å². The van der Waals surface area contributed by atoms with Crippen LogP contribution in [0, 0.1) is 0 Å². The Morgan fingerprint density at radius 2 is 1.92 bits per heavy atom. The van der Waals surface area contributed by atoms with Crippen molar-refractivity contribution in [2.24, 2.45) is 0 Å². The fourth-order valence-electron chi connectivity index (χ4n) is 2.48. The number of amides is 2. The smallest absolute Gasteiger partial charge is 0.298 e. The number of ether oxygens (including phenoxy) is 2. The predicted octanol–water partition coefficient (Wildman–Crippen LogP) is 5.36. The molecule has 0 saturated carbocycles. The molecule has 2 aromatic rings. The summed E-state index contributed by atoms with van der Waals surface area (Å²) in [4.78, 5) is 26.4. The number of imide groups is 1. The van der Waals surface area contributed by atoms with Gasteiger partial charge in [-0.15, -0.1) is 0 Å². The summed E-state index contributed by atoms with van der Waals surface area (Å²) in [6.45, 7) is 0. The molecule has 0 spiro atoms. The standard InChI is InChI=1S/C18H13BrClNO4S/c1-24-14-7-10(6-13(19)16(14)25-2)8-15-17(22)21(18(23)26-15)12-5-3-4-11(20)9-12/h3-9H,1-2H3/b15-8+. The van der Waals surface area contributed by atoms with E-state index in [9.17, 15) is 9.59 Å². The Morgan fingerprint density at radius 3 is 2.58 bits per heavy atom. The number of hydrogen-bond donors (Lipinski definition) is 0. The third-order valence-corrected chi connectivity index (χ3v) is 5.31. The monoisotopic (exact) mass is 453 g/mol. The van der Waals surface area contributed by atoms with Gasteiger partial charge in [0.25, 0.3) is 11.1 Å². The second-order valence-electron chi connectivity index (χ2n) is 5.24. The van der Waals surface area contributed by atoms with Gasteiger partial charge < -0.3 is 9.47 Å². The van der Waals surface area contributed by atoms with E-state index in [0.29, 0.717) is 37.2 Å². The summed E-state index contributed by atoms with van der Waals surface area (Å²) < 4.78 is 11.3. The zero-order valence-electron chi connectivity index (χ0n) is 13.8. The minimum Gasteiger partial charge on any atom is -0.493 e. The van der Waals surface area contributed by atoms with Crippen molar-refractivity contribution in [3.8, 4) is 11.5 Å². The molecule has 2 amide bonds. The Labute approximate surface area is 168 Å². The van der Waals surface area contributed by atoms with Crippen molar-refractivity contribution < 1.29 is 19.1 Å². The number of hydrogen-bond acceptors (Lipinski definition) is 5. The summed E-state index contributed by atoms with van der Waals surface area (Å²) in [5, 5.41) is 0.0809. The lowest BCUT2D eigenvalue weighted by Crippen LogP contribution is -2.27. The van der Waals surface area contributed by atoms with Crippen LogP contribution in [0.1, 0.15) is 5.56 Å². The highest BCUT2D eigenvalue weighted by molar-refractivity contribution is 9.10. The van der Waals surface area contributed by atoms with Gasteiger partial charge in [-0.3, -0.25) is 9.59 Å². The molecule has 8 heteroatoms. The highest BCUT2D eigenvalue weighted by Crippen LogP contribution is 2.40. The first-order valence-corrected chi connectivity index (χ1v) is 9.38. The Kier molecular flexibility index (Phi) is 5.60. The predicted molar refractivity (Wildman–Crippen MR) is 107 cm³/mol. The third kappa shape index (κ3) is 3.60. The molecule has 0 aliphatic carbocycles. The molecule has 1 fully saturated rings. The fourth-order valence-corrected chi connectivity index (χ4v) is 4.13. The summed E-state index contributed by atoms with van der Waals surface area (Å²) in [6, 6.07) is 10.1. The molecular weight excluding hydrogens is 442 g/mol. The summed E-state index contributed by atoms with van der Waals surface area (Å²) in [5.41, 5.74) is 1.14. The molecule has 26 heavy (non-hydrogen) atoms. The average molecular weight is 455 g/mol. The number of anilines is 1. The highest BCUT2D eigenvalue weighted by Gasteiger charge is 2.36. The van der Waals surface area contributed by atoms with Crippen LogP contribution in [0.5, 0.6) is 11.5 Å². The van der Waals surface area contributed by atoms with Crippen molar-refractivity contribution in [2.75, 3.05) is 19.1 Å². The van der Waals surface area contributed by atoms with E-state index in [1.165, 1.54) is 7.11 Å². The van der Waals surface area contributed by atoms with Gasteiger partial charge >= 0.3 is 0 Å². The van der Waals surface area contributed by atoms with Gasteiger partial charge in [-0.1, -0.05) is 17.7 Å². The lowest BCUT2D eigenvalue weighted by atomic mass is 10.2. The number of thioether (sulfide) groups is 1. The van der Waals surface area contributed by atoms with Crippen molar-refractivity contribution >= 4 is 62.2 Å². The lowest BCUT2D eigenvalue weighted by molar-refractivity contribution is -0.113. The fraction of sp³-hybridized carbons (Fsp3) is 0.111. The van der Waals surface area contributed by atoms with Gasteiger partial charge in [0.05, 0.1) is 29.3 Å². The molecule has 0 bridgehead atoms. The van der Waals surface area contributed by atoms with E-state index in [2.05, 4.69) is 15.9 Å². The van der Waals surface area contributed by atoms with Crippen molar-refractivity contribution in [2.45, 2.75) is 0 Å². The van der Waals surface area contributed by atoms with Crippen molar-refractivity contribution in [3.05, 3.63) is 56.4 Å². The minimum atomic E-state index is -0.395. The molecule has 1 heterocycles. The van der Waals surface area contributed by atoms with E-state index in [1.54, 1.807) is 49.6 Å². The Morgan fingerprint density at radius 1 is 1.15 bits per heavy atom. The summed E-state index contributed by atoms with van der Waals surface area (Å²) in [5.74, 6) is 0.673. The van der Waals surface area contributed by atoms with Crippen LogP contribution in [0.25, 0.3) is 6.08 Å². The number of halogens is 2. The zero-order chi connectivity index (χ0) is 18.8. The third-order valence-electron chi connectivity index (χ3n) is 3.61. The second kappa shape index (κ2) is 7.73. The molecule has 1 aliphatic rings. The molecule has 0 aromatic heterocycles. The molecule has 1 saturated heterocycles. The summed E-state index contributed by atoms with van der Waals surface area (Å²) in [6.07, 6.45) is 1.64. The van der Waals surface area contributed by atoms with E-state index in [4.69, 9.17) is 21.1 Å². The molecule has 5 nitrogen and oxygen atoms in total. The number of rotatable bonds is 4. The van der Waals surface area contributed by atoms with Gasteiger partial charge in [0.15, 0.2) is 11.5 Å². The van der Waals surface area contributed by atoms with E-state index < -0.39 is 5.91 Å². The number of nitrogens with zero attached hydrogens (tertiary/aromatic N) is 1. The van der Waals surface area contributed by atoms with Crippen LogP contribution in [0.15, 0.2) is 45.8 Å². The normalized spacial score (nSPS) is 15.7. The first kappa shape index (κ1) is 18.8. The van der Waals surface area contributed by atoms with Gasteiger partial charge in [0, 0.05) is 5.02 Å². The molecule has 134 valence electrons. The van der Waals surface area contributed by atoms with E-state index in [1.807, 2.05) is 0 Å². The summed E-state index contributed by atoms with van der Waals surface area (Å²) in [7, 11) is 3.07. The van der Waals surface area contributed by atoms with Gasteiger partial charge in [0.1, 0.15) is 0 Å². The number of carbonyl (C=O) groups is 2. The summed E-state index contributed by atoms with van der Waals surface area (Å²) >= 11 is 10.3. The molecule has 0 atom stereocenters. The molecular formula is C18H13BrClNO4S. The Bertz CT molecular complexity index is 931. The van der Waals surface area contributed by atoms with Gasteiger partial charge in [-0.2, -0.15) is 0 Å². The Balaban J connectivity index is 1.97.